The van der Waals surface area contributed by atoms with Gasteiger partial charge in [-0.3, -0.25) is 0 Å². The zero-order valence-electron chi connectivity index (χ0n) is 11.9. The first-order valence-electron chi connectivity index (χ1n) is 6.96. The van der Waals surface area contributed by atoms with Crippen LogP contribution in [0.1, 0.15) is 25.3 Å². The van der Waals surface area contributed by atoms with Gasteiger partial charge in [0.15, 0.2) is 0 Å². The van der Waals surface area contributed by atoms with E-state index in [9.17, 15) is 17.6 Å². The summed E-state index contributed by atoms with van der Waals surface area (Å²) in [6.07, 6.45) is 1.42. The van der Waals surface area contributed by atoms with Gasteiger partial charge in [0.2, 0.25) is 0 Å². The van der Waals surface area contributed by atoms with Crippen molar-refractivity contribution < 1.29 is 17.6 Å². The number of nitrogens with one attached hydrogen (secondary N) is 2. The number of amides is 2. The van der Waals surface area contributed by atoms with Gasteiger partial charge in [0, 0.05) is 11.7 Å². The van der Waals surface area contributed by atoms with E-state index < -0.39 is 15.9 Å². The highest BCUT2D eigenvalue weighted by molar-refractivity contribution is 7.91. The summed E-state index contributed by atoms with van der Waals surface area (Å²) in [5.74, 6) is -0.158. The van der Waals surface area contributed by atoms with E-state index in [1.165, 1.54) is 6.07 Å². The Morgan fingerprint density at radius 3 is 2.57 bits per heavy atom. The number of hydrogen-bond acceptors (Lipinski definition) is 3. The standard InChI is InChI=1S/C14H19FN2O3S/c1-2-10-3-4-12(9-13(10)15)17-14(18)16-11-5-7-21(19,20)8-6-11/h3-4,9,11H,2,5-8H2,1H3,(H2,16,17,18). The maximum absolute atomic E-state index is 13.6. The van der Waals surface area contributed by atoms with E-state index in [0.29, 0.717) is 30.5 Å². The highest BCUT2D eigenvalue weighted by Crippen LogP contribution is 2.16. The van der Waals surface area contributed by atoms with Crippen LogP contribution in [0, 0.1) is 5.82 Å². The zero-order valence-corrected chi connectivity index (χ0v) is 12.7. The largest absolute Gasteiger partial charge is 0.335 e. The minimum atomic E-state index is -2.94. The van der Waals surface area contributed by atoms with Gasteiger partial charge in [-0.05, 0) is 37.0 Å². The SMILES string of the molecule is CCc1ccc(NC(=O)NC2CCS(=O)(=O)CC2)cc1F. The summed E-state index contributed by atoms with van der Waals surface area (Å²) < 4.78 is 36.2. The lowest BCUT2D eigenvalue weighted by Crippen LogP contribution is -2.42. The van der Waals surface area contributed by atoms with Crippen LogP contribution < -0.4 is 10.6 Å². The first kappa shape index (κ1) is 15.8. The fourth-order valence-corrected chi connectivity index (χ4v) is 3.79. The van der Waals surface area contributed by atoms with Crippen molar-refractivity contribution in [1.29, 1.82) is 0 Å². The molecule has 0 unspecified atom stereocenters. The zero-order chi connectivity index (χ0) is 15.5. The highest BCUT2D eigenvalue weighted by Gasteiger charge is 2.24. The summed E-state index contributed by atoms with van der Waals surface area (Å²) in [6, 6.07) is 3.96. The minimum Gasteiger partial charge on any atom is -0.335 e. The number of carbonyl (C=O) groups is 1. The number of aryl methyl sites for hydroxylation is 1. The summed E-state index contributed by atoms with van der Waals surface area (Å²) in [5, 5.41) is 5.28. The third-order valence-corrected chi connectivity index (χ3v) is 5.30. The number of sulfone groups is 1. The molecule has 0 saturated carbocycles. The van der Waals surface area contributed by atoms with Crippen LogP contribution in [0.3, 0.4) is 0 Å². The maximum Gasteiger partial charge on any atom is 0.319 e. The Labute approximate surface area is 123 Å². The van der Waals surface area contributed by atoms with Crippen molar-refractivity contribution in [2.75, 3.05) is 16.8 Å². The van der Waals surface area contributed by atoms with Gasteiger partial charge in [-0.2, -0.15) is 0 Å². The molecule has 2 rings (SSSR count). The van der Waals surface area contributed by atoms with Crippen molar-refractivity contribution in [3.8, 4) is 0 Å². The molecule has 5 nitrogen and oxygen atoms in total. The lowest BCUT2D eigenvalue weighted by atomic mass is 10.1. The maximum atomic E-state index is 13.6. The third kappa shape index (κ3) is 4.42. The van der Waals surface area contributed by atoms with E-state index in [-0.39, 0.29) is 23.4 Å². The Morgan fingerprint density at radius 2 is 2.00 bits per heavy atom. The predicted molar refractivity (Wildman–Crippen MR) is 79.6 cm³/mol. The fourth-order valence-electron chi connectivity index (χ4n) is 2.30. The Kier molecular flexibility index (Phi) is 4.82. The molecule has 0 spiro atoms. The van der Waals surface area contributed by atoms with Crippen molar-refractivity contribution in [2.45, 2.75) is 32.2 Å². The Balaban J connectivity index is 1.89. The fraction of sp³-hybridized carbons (Fsp3) is 0.500. The van der Waals surface area contributed by atoms with Crippen molar-refractivity contribution in [1.82, 2.24) is 5.32 Å². The summed E-state index contributed by atoms with van der Waals surface area (Å²) in [7, 11) is -2.94. The number of rotatable bonds is 3. The smallest absolute Gasteiger partial charge is 0.319 e. The first-order chi connectivity index (χ1) is 9.89. The van der Waals surface area contributed by atoms with Crippen molar-refractivity contribution >= 4 is 21.6 Å². The molecule has 2 N–H and O–H groups in total. The van der Waals surface area contributed by atoms with E-state index in [1.807, 2.05) is 6.92 Å². The molecular formula is C14H19FN2O3S. The molecule has 1 heterocycles. The molecule has 0 aromatic heterocycles. The van der Waals surface area contributed by atoms with Crippen molar-refractivity contribution in [2.24, 2.45) is 0 Å². The van der Waals surface area contributed by atoms with E-state index >= 15 is 0 Å². The second-order valence-corrected chi connectivity index (χ2v) is 7.49. The lowest BCUT2D eigenvalue weighted by Gasteiger charge is -2.23. The molecule has 2 amide bonds. The molecule has 1 aliphatic heterocycles. The van der Waals surface area contributed by atoms with E-state index in [1.54, 1.807) is 12.1 Å². The predicted octanol–water partition coefficient (Wildman–Crippen LogP) is 2.09. The summed E-state index contributed by atoms with van der Waals surface area (Å²) in [5.41, 5.74) is 0.976. The molecule has 0 atom stereocenters. The average molecular weight is 314 g/mol. The molecule has 116 valence electrons. The van der Waals surface area contributed by atoms with Gasteiger partial charge < -0.3 is 10.6 Å². The van der Waals surface area contributed by atoms with Crippen LogP contribution in [-0.2, 0) is 16.3 Å². The van der Waals surface area contributed by atoms with Gasteiger partial charge in [-0.1, -0.05) is 13.0 Å². The van der Waals surface area contributed by atoms with Crippen molar-refractivity contribution in [3.63, 3.8) is 0 Å². The first-order valence-corrected chi connectivity index (χ1v) is 8.78. The molecule has 0 bridgehead atoms. The van der Waals surface area contributed by atoms with Crippen LogP contribution in [0.5, 0.6) is 0 Å². The van der Waals surface area contributed by atoms with Gasteiger partial charge in [-0.15, -0.1) is 0 Å². The van der Waals surface area contributed by atoms with Gasteiger partial charge in [0.1, 0.15) is 15.7 Å². The molecule has 1 fully saturated rings. The normalized spacial score (nSPS) is 18.2. The Hall–Kier alpha value is -1.63. The Bertz CT molecular complexity index is 617. The quantitative estimate of drug-likeness (QED) is 0.897. The summed E-state index contributed by atoms with van der Waals surface area (Å²) >= 11 is 0. The summed E-state index contributed by atoms with van der Waals surface area (Å²) in [4.78, 5) is 11.8. The second-order valence-electron chi connectivity index (χ2n) is 5.18. The molecule has 7 heteroatoms. The summed E-state index contributed by atoms with van der Waals surface area (Å²) in [6.45, 7) is 1.86. The monoisotopic (exact) mass is 314 g/mol. The van der Waals surface area contributed by atoms with Crippen molar-refractivity contribution in [3.05, 3.63) is 29.6 Å². The van der Waals surface area contributed by atoms with Crippen LogP contribution >= 0.6 is 0 Å². The molecule has 1 aromatic carbocycles. The molecule has 21 heavy (non-hydrogen) atoms. The minimum absolute atomic E-state index is 0.0950. The third-order valence-electron chi connectivity index (χ3n) is 3.58. The molecule has 0 radical (unpaired) electrons. The van der Waals surface area contributed by atoms with Gasteiger partial charge in [0.05, 0.1) is 11.5 Å². The molecule has 1 aromatic rings. The van der Waals surface area contributed by atoms with Crippen LogP contribution in [0.4, 0.5) is 14.9 Å². The topological polar surface area (TPSA) is 75.3 Å². The molecule has 0 aliphatic carbocycles. The lowest BCUT2D eigenvalue weighted by molar-refractivity contribution is 0.247. The highest BCUT2D eigenvalue weighted by atomic mass is 32.2. The second kappa shape index (κ2) is 6.43. The number of hydrogen-bond donors (Lipinski definition) is 2. The van der Waals surface area contributed by atoms with Crippen LogP contribution in [0.25, 0.3) is 0 Å². The van der Waals surface area contributed by atoms with Crippen LogP contribution in [-0.4, -0.2) is 32.0 Å². The van der Waals surface area contributed by atoms with Gasteiger partial charge in [-0.25, -0.2) is 17.6 Å². The number of benzene rings is 1. The van der Waals surface area contributed by atoms with Gasteiger partial charge in [0.25, 0.3) is 0 Å². The molecule has 1 aliphatic rings. The Morgan fingerprint density at radius 1 is 1.33 bits per heavy atom. The number of halogens is 1. The number of urea groups is 1. The van der Waals surface area contributed by atoms with E-state index in [2.05, 4.69) is 10.6 Å². The van der Waals surface area contributed by atoms with Crippen LogP contribution in [0.15, 0.2) is 18.2 Å². The number of anilines is 1. The van der Waals surface area contributed by atoms with E-state index in [0.717, 1.165) is 0 Å². The average Bonchev–Trinajstić information content (AvgIpc) is 2.41. The van der Waals surface area contributed by atoms with E-state index in [4.69, 9.17) is 0 Å². The molecule has 1 saturated heterocycles. The van der Waals surface area contributed by atoms with Crippen LogP contribution in [0.2, 0.25) is 0 Å². The van der Waals surface area contributed by atoms with Gasteiger partial charge >= 0.3 is 6.03 Å². The number of carbonyl (C=O) groups excluding carboxylic acids is 1. The molecular weight excluding hydrogens is 295 g/mol.